The van der Waals surface area contributed by atoms with Gasteiger partial charge < -0.3 is 16.0 Å². The molecular weight excluding hydrogens is 446 g/mol. The van der Waals surface area contributed by atoms with Crippen molar-refractivity contribution >= 4 is 41.5 Å². The summed E-state index contributed by atoms with van der Waals surface area (Å²) in [5, 5.41) is 9.16. The third-order valence-corrected chi connectivity index (χ3v) is 3.36. The van der Waals surface area contributed by atoms with Crippen molar-refractivity contribution in [1.29, 1.82) is 0 Å². The van der Waals surface area contributed by atoms with E-state index >= 15 is 0 Å². The summed E-state index contributed by atoms with van der Waals surface area (Å²) in [7, 11) is 0. The van der Waals surface area contributed by atoms with Crippen molar-refractivity contribution in [3.63, 3.8) is 0 Å². The number of benzene rings is 2. The van der Waals surface area contributed by atoms with Gasteiger partial charge in [0.15, 0.2) is 5.96 Å². The van der Waals surface area contributed by atoms with Crippen molar-refractivity contribution in [3.05, 3.63) is 65.5 Å². The molecule has 0 saturated carbocycles. The molecule has 3 N–H and O–H groups in total. The fourth-order valence-corrected chi connectivity index (χ4v) is 2.30. The van der Waals surface area contributed by atoms with Crippen LogP contribution in [0.2, 0.25) is 0 Å². The molecule has 7 heteroatoms. The predicted molar refractivity (Wildman–Crippen MR) is 114 cm³/mol. The summed E-state index contributed by atoms with van der Waals surface area (Å²) in [6, 6.07) is 14.0. The molecule has 0 spiro atoms. The van der Waals surface area contributed by atoms with Crippen LogP contribution in [0.15, 0.2) is 53.5 Å². The van der Waals surface area contributed by atoms with E-state index in [2.05, 4.69) is 20.9 Å². The molecule has 26 heavy (non-hydrogen) atoms. The third kappa shape index (κ3) is 7.81. The van der Waals surface area contributed by atoms with Gasteiger partial charge in [0.2, 0.25) is 5.91 Å². The molecule has 0 saturated heterocycles. The molecule has 0 aromatic heterocycles. The average molecular weight is 470 g/mol. The van der Waals surface area contributed by atoms with E-state index in [4.69, 9.17) is 0 Å². The monoisotopic (exact) mass is 470 g/mol. The van der Waals surface area contributed by atoms with Crippen molar-refractivity contribution in [2.24, 2.45) is 4.99 Å². The van der Waals surface area contributed by atoms with Crippen LogP contribution in [0.1, 0.15) is 25.0 Å². The molecule has 0 unspecified atom stereocenters. The van der Waals surface area contributed by atoms with Gasteiger partial charge in [0.25, 0.3) is 0 Å². The zero-order valence-corrected chi connectivity index (χ0v) is 17.2. The zero-order chi connectivity index (χ0) is 18.1. The van der Waals surface area contributed by atoms with E-state index in [0.29, 0.717) is 19.0 Å². The first kappa shape index (κ1) is 21.9. The number of hydrogen-bond acceptors (Lipinski definition) is 2. The van der Waals surface area contributed by atoms with Crippen molar-refractivity contribution < 1.29 is 9.18 Å². The number of halogens is 2. The SMILES string of the molecule is CCNC(=NCc1cccc(F)c1)NCc1cccc(NC(C)=O)c1.I. The quantitative estimate of drug-likeness (QED) is 0.343. The van der Waals surface area contributed by atoms with Crippen molar-refractivity contribution in [3.8, 4) is 0 Å². The van der Waals surface area contributed by atoms with Gasteiger partial charge in [-0.2, -0.15) is 0 Å². The van der Waals surface area contributed by atoms with Gasteiger partial charge in [-0.05, 0) is 42.3 Å². The predicted octanol–water partition coefficient (Wildman–Crippen LogP) is 3.66. The molecule has 1 amide bonds. The van der Waals surface area contributed by atoms with Crippen LogP contribution in [-0.4, -0.2) is 18.4 Å². The first-order chi connectivity index (χ1) is 12.1. The van der Waals surface area contributed by atoms with Crippen LogP contribution in [0.25, 0.3) is 0 Å². The summed E-state index contributed by atoms with van der Waals surface area (Å²) in [5.74, 6) is 0.284. The molecule has 0 fully saturated rings. The lowest BCUT2D eigenvalue weighted by atomic mass is 10.2. The van der Waals surface area contributed by atoms with Gasteiger partial charge >= 0.3 is 0 Å². The number of carbonyl (C=O) groups is 1. The largest absolute Gasteiger partial charge is 0.357 e. The van der Waals surface area contributed by atoms with E-state index in [9.17, 15) is 9.18 Å². The van der Waals surface area contributed by atoms with E-state index in [1.54, 1.807) is 6.07 Å². The second kappa shape index (κ2) is 11.5. The lowest BCUT2D eigenvalue weighted by molar-refractivity contribution is -0.114. The van der Waals surface area contributed by atoms with E-state index in [-0.39, 0.29) is 35.7 Å². The van der Waals surface area contributed by atoms with Crippen LogP contribution in [0.4, 0.5) is 10.1 Å². The number of amides is 1. The van der Waals surface area contributed by atoms with Crippen LogP contribution in [0.5, 0.6) is 0 Å². The van der Waals surface area contributed by atoms with Gasteiger partial charge in [-0.15, -0.1) is 24.0 Å². The first-order valence-electron chi connectivity index (χ1n) is 8.20. The topological polar surface area (TPSA) is 65.5 Å². The maximum Gasteiger partial charge on any atom is 0.221 e. The molecule has 0 heterocycles. The number of guanidine groups is 1. The Hall–Kier alpha value is -2.16. The van der Waals surface area contributed by atoms with E-state index < -0.39 is 0 Å². The fourth-order valence-electron chi connectivity index (χ4n) is 2.30. The Kier molecular flexibility index (Phi) is 9.64. The Morgan fingerprint density at radius 2 is 1.81 bits per heavy atom. The molecule has 5 nitrogen and oxygen atoms in total. The van der Waals surface area contributed by atoms with Gasteiger partial charge in [-0.3, -0.25) is 4.79 Å². The number of anilines is 1. The van der Waals surface area contributed by atoms with Gasteiger partial charge in [-0.25, -0.2) is 9.38 Å². The highest BCUT2D eigenvalue weighted by Gasteiger charge is 2.01. The minimum atomic E-state index is -0.263. The third-order valence-electron chi connectivity index (χ3n) is 3.36. The lowest BCUT2D eigenvalue weighted by Crippen LogP contribution is -2.36. The van der Waals surface area contributed by atoms with Crippen LogP contribution in [0.3, 0.4) is 0 Å². The summed E-state index contributed by atoms with van der Waals surface area (Å²) in [6.07, 6.45) is 0. The molecular formula is C19H24FIN4O. The van der Waals surface area contributed by atoms with Crippen molar-refractivity contribution in [2.75, 3.05) is 11.9 Å². The highest BCUT2D eigenvalue weighted by Crippen LogP contribution is 2.10. The van der Waals surface area contributed by atoms with Crippen molar-refractivity contribution in [2.45, 2.75) is 26.9 Å². The first-order valence-corrected chi connectivity index (χ1v) is 8.20. The maximum atomic E-state index is 13.2. The molecule has 0 atom stereocenters. The second-order valence-electron chi connectivity index (χ2n) is 5.56. The van der Waals surface area contributed by atoms with E-state index in [1.165, 1.54) is 19.1 Å². The Labute approximate surface area is 170 Å². The molecule has 2 aromatic rings. The fraction of sp³-hybridized carbons (Fsp3) is 0.263. The van der Waals surface area contributed by atoms with Gasteiger partial charge in [-0.1, -0.05) is 24.3 Å². The van der Waals surface area contributed by atoms with Crippen LogP contribution in [-0.2, 0) is 17.9 Å². The smallest absolute Gasteiger partial charge is 0.221 e. The molecule has 0 aliphatic heterocycles. The van der Waals surface area contributed by atoms with E-state index in [1.807, 2.05) is 37.3 Å². The summed E-state index contributed by atoms with van der Waals surface area (Å²) in [6.45, 7) is 5.13. The standard InChI is InChI=1S/C19H23FN4O.HI/c1-3-21-19(22-12-15-6-4-8-17(20)10-15)23-13-16-7-5-9-18(11-16)24-14(2)25;/h4-11H,3,12-13H2,1-2H3,(H,24,25)(H2,21,22,23);1H. The number of rotatable bonds is 6. The summed E-state index contributed by atoms with van der Waals surface area (Å²) in [4.78, 5) is 15.6. The van der Waals surface area contributed by atoms with Gasteiger partial charge in [0.1, 0.15) is 5.82 Å². The minimum absolute atomic E-state index is 0. The number of aliphatic imine (C=N–C) groups is 1. The Morgan fingerprint density at radius 1 is 1.08 bits per heavy atom. The highest BCUT2D eigenvalue weighted by molar-refractivity contribution is 14.0. The number of nitrogens with zero attached hydrogens (tertiary/aromatic N) is 1. The summed E-state index contributed by atoms with van der Waals surface area (Å²) >= 11 is 0. The number of hydrogen-bond donors (Lipinski definition) is 3. The highest BCUT2D eigenvalue weighted by atomic mass is 127. The summed E-state index contributed by atoms with van der Waals surface area (Å²) < 4.78 is 13.2. The Bertz CT molecular complexity index is 752. The number of nitrogens with one attached hydrogen (secondary N) is 3. The van der Waals surface area contributed by atoms with Crippen LogP contribution < -0.4 is 16.0 Å². The summed E-state index contributed by atoms with van der Waals surface area (Å²) in [5.41, 5.74) is 2.58. The Balaban J connectivity index is 0.00000338. The van der Waals surface area contributed by atoms with Gasteiger partial charge in [0, 0.05) is 25.7 Å². The molecule has 0 aliphatic carbocycles. The molecule has 2 aromatic carbocycles. The molecule has 2 rings (SSSR count). The van der Waals surface area contributed by atoms with Crippen molar-refractivity contribution in [1.82, 2.24) is 10.6 Å². The molecule has 0 aliphatic rings. The zero-order valence-electron chi connectivity index (χ0n) is 14.9. The Morgan fingerprint density at radius 3 is 2.50 bits per heavy atom. The second-order valence-corrected chi connectivity index (χ2v) is 5.56. The van der Waals surface area contributed by atoms with Crippen LogP contribution >= 0.6 is 24.0 Å². The number of carbonyl (C=O) groups excluding carboxylic acids is 1. The normalized spacial score (nSPS) is 10.7. The van der Waals surface area contributed by atoms with Gasteiger partial charge in [0.05, 0.1) is 6.54 Å². The lowest BCUT2D eigenvalue weighted by Gasteiger charge is -2.12. The molecule has 0 bridgehead atoms. The van der Waals surface area contributed by atoms with Crippen LogP contribution in [0, 0.1) is 5.82 Å². The van der Waals surface area contributed by atoms with E-state index in [0.717, 1.165) is 23.4 Å². The average Bonchev–Trinajstić information content (AvgIpc) is 2.57. The minimum Gasteiger partial charge on any atom is -0.357 e. The maximum absolute atomic E-state index is 13.2. The molecule has 140 valence electrons. The molecule has 0 radical (unpaired) electrons.